The molecule has 0 spiro atoms. The molecule has 0 amide bonds. The summed E-state index contributed by atoms with van der Waals surface area (Å²) in [7, 11) is 1.70. The topological polar surface area (TPSA) is 61.6 Å². The van der Waals surface area contributed by atoms with E-state index in [1.165, 1.54) is 0 Å². The third-order valence-corrected chi connectivity index (χ3v) is 3.39. The van der Waals surface area contributed by atoms with Crippen LogP contribution in [0.1, 0.15) is 46.0 Å². The zero-order chi connectivity index (χ0) is 12.2. The quantitative estimate of drug-likeness (QED) is 0.744. The molecule has 0 saturated heterocycles. The van der Waals surface area contributed by atoms with Crippen LogP contribution in [0.5, 0.6) is 0 Å². The Balaban J connectivity index is 2.45. The van der Waals surface area contributed by atoms with E-state index in [0.29, 0.717) is 6.42 Å². The monoisotopic (exact) mass is 229 g/mol. The van der Waals surface area contributed by atoms with E-state index in [1.54, 1.807) is 14.0 Å². The first-order valence-corrected chi connectivity index (χ1v) is 6.02. The van der Waals surface area contributed by atoms with E-state index < -0.39 is 5.54 Å². The van der Waals surface area contributed by atoms with Gasteiger partial charge in [-0.15, -0.1) is 0 Å². The van der Waals surface area contributed by atoms with E-state index in [0.717, 1.165) is 25.7 Å². The van der Waals surface area contributed by atoms with Gasteiger partial charge >= 0.3 is 5.97 Å². The average Bonchev–Trinajstić information content (AvgIpc) is 2.29. The number of nitrogens with two attached hydrogens (primary N) is 1. The number of rotatable bonds is 4. The lowest BCUT2D eigenvalue weighted by Gasteiger charge is -2.30. The molecule has 1 saturated carbocycles. The first kappa shape index (κ1) is 13.5. The molecule has 94 valence electrons. The Morgan fingerprint density at radius 2 is 2.06 bits per heavy atom. The van der Waals surface area contributed by atoms with E-state index in [1.807, 2.05) is 6.92 Å². The molecule has 4 nitrogen and oxygen atoms in total. The zero-order valence-corrected chi connectivity index (χ0v) is 10.5. The van der Waals surface area contributed by atoms with Gasteiger partial charge in [-0.2, -0.15) is 0 Å². The lowest BCUT2D eigenvalue weighted by molar-refractivity contribution is -0.158. The van der Waals surface area contributed by atoms with Crippen LogP contribution in [-0.2, 0) is 14.3 Å². The maximum Gasteiger partial charge on any atom is 0.326 e. The molecule has 0 aromatic rings. The normalized spacial score (nSPS) is 29.5. The fourth-order valence-electron chi connectivity index (χ4n) is 1.85. The molecule has 1 fully saturated rings. The standard InChI is InChI=1S/C12H23NO3/c1-4-12(2,13)11(14)16-10-7-5-6-9(8-10)15-3/h9-10H,4-8,13H2,1-3H3. The molecule has 1 aliphatic rings. The maximum absolute atomic E-state index is 11.8. The molecule has 4 heteroatoms. The molecule has 3 unspecified atom stereocenters. The Morgan fingerprint density at radius 1 is 1.44 bits per heavy atom. The Hall–Kier alpha value is -0.610. The van der Waals surface area contributed by atoms with Crippen molar-refractivity contribution in [1.82, 2.24) is 0 Å². The first-order chi connectivity index (χ1) is 7.49. The van der Waals surface area contributed by atoms with Crippen LogP contribution in [-0.4, -0.2) is 30.8 Å². The molecule has 16 heavy (non-hydrogen) atoms. The van der Waals surface area contributed by atoms with Gasteiger partial charge in [0.25, 0.3) is 0 Å². The van der Waals surface area contributed by atoms with Gasteiger partial charge in [-0.05, 0) is 32.6 Å². The van der Waals surface area contributed by atoms with Gasteiger partial charge in [0.05, 0.1) is 6.10 Å². The second-order valence-electron chi connectivity index (χ2n) is 4.82. The van der Waals surface area contributed by atoms with Gasteiger partial charge in [-0.3, -0.25) is 4.79 Å². The van der Waals surface area contributed by atoms with Crippen molar-refractivity contribution < 1.29 is 14.3 Å². The van der Waals surface area contributed by atoms with Crippen LogP contribution in [0.3, 0.4) is 0 Å². The molecule has 1 rings (SSSR count). The highest BCUT2D eigenvalue weighted by Crippen LogP contribution is 2.24. The van der Waals surface area contributed by atoms with Gasteiger partial charge in [0.2, 0.25) is 0 Å². The number of hydrogen-bond donors (Lipinski definition) is 1. The largest absolute Gasteiger partial charge is 0.461 e. The Morgan fingerprint density at radius 3 is 2.62 bits per heavy atom. The van der Waals surface area contributed by atoms with Crippen molar-refractivity contribution in [2.75, 3.05) is 7.11 Å². The Labute approximate surface area is 97.5 Å². The summed E-state index contributed by atoms with van der Waals surface area (Å²) < 4.78 is 10.7. The van der Waals surface area contributed by atoms with Crippen molar-refractivity contribution in [3.05, 3.63) is 0 Å². The van der Waals surface area contributed by atoms with Crippen molar-refractivity contribution in [3.63, 3.8) is 0 Å². The first-order valence-electron chi connectivity index (χ1n) is 6.02. The molecular formula is C12H23NO3. The number of carbonyl (C=O) groups excluding carboxylic acids is 1. The Kier molecular flexibility index (Phi) is 4.74. The van der Waals surface area contributed by atoms with E-state index in [9.17, 15) is 4.79 Å². The molecule has 3 atom stereocenters. The summed E-state index contributed by atoms with van der Waals surface area (Å²) in [6.07, 6.45) is 4.60. The summed E-state index contributed by atoms with van der Waals surface area (Å²) in [6.45, 7) is 3.60. The summed E-state index contributed by atoms with van der Waals surface area (Å²) in [5.74, 6) is -0.295. The molecule has 2 N–H and O–H groups in total. The highest BCUT2D eigenvalue weighted by Gasteiger charge is 2.32. The minimum Gasteiger partial charge on any atom is -0.461 e. The third-order valence-electron chi connectivity index (χ3n) is 3.39. The van der Waals surface area contributed by atoms with E-state index in [4.69, 9.17) is 15.2 Å². The van der Waals surface area contributed by atoms with Crippen LogP contribution in [0.2, 0.25) is 0 Å². The van der Waals surface area contributed by atoms with Crippen LogP contribution in [0.4, 0.5) is 0 Å². The number of hydrogen-bond acceptors (Lipinski definition) is 4. The number of ether oxygens (including phenoxy) is 2. The van der Waals surface area contributed by atoms with Gasteiger partial charge in [0.1, 0.15) is 11.6 Å². The lowest BCUT2D eigenvalue weighted by atomic mass is 9.94. The summed E-state index contributed by atoms with van der Waals surface area (Å²) in [5.41, 5.74) is 4.98. The summed E-state index contributed by atoms with van der Waals surface area (Å²) in [5, 5.41) is 0. The van der Waals surface area contributed by atoms with E-state index in [2.05, 4.69) is 0 Å². The minimum atomic E-state index is -0.861. The van der Waals surface area contributed by atoms with Crippen LogP contribution >= 0.6 is 0 Å². The second kappa shape index (κ2) is 5.64. The third kappa shape index (κ3) is 3.46. The fraction of sp³-hybridized carbons (Fsp3) is 0.917. The lowest BCUT2D eigenvalue weighted by Crippen LogP contribution is -2.47. The smallest absolute Gasteiger partial charge is 0.326 e. The molecule has 0 aromatic carbocycles. The van der Waals surface area contributed by atoms with Gasteiger partial charge in [-0.25, -0.2) is 0 Å². The van der Waals surface area contributed by atoms with Gasteiger partial charge in [0, 0.05) is 13.5 Å². The molecule has 0 bridgehead atoms. The average molecular weight is 229 g/mol. The van der Waals surface area contributed by atoms with Crippen LogP contribution in [0, 0.1) is 0 Å². The number of carbonyl (C=O) groups is 1. The molecule has 0 radical (unpaired) electrons. The number of methoxy groups -OCH3 is 1. The highest BCUT2D eigenvalue weighted by atomic mass is 16.5. The van der Waals surface area contributed by atoms with E-state index >= 15 is 0 Å². The Bertz CT molecular complexity index is 240. The molecule has 0 aliphatic heterocycles. The molecule has 1 aliphatic carbocycles. The van der Waals surface area contributed by atoms with Crippen LogP contribution in [0.25, 0.3) is 0 Å². The van der Waals surface area contributed by atoms with Crippen molar-refractivity contribution in [2.45, 2.75) is 63.7 Å². The van der Waals surface area contributed by atoms with Crippen molar-refractivity contribution in [2.24, 2.45) is 5.73 Å². The van der Waals surface area contributed by atoms with E-state index in [-0.39, 0.29) is 18.2 Å². The van der Waals surface area contributed by atoms with Crippen molar-refractivity contribution in [3.8, 4) is 0 Å². The molecular weight excluding hydrogens is 206 g/mol. The van der Waals surface area contributed by atoms with Crippen LogP contribution in [0.15, 0.2) is 0 Å². The van der Waals surface area contributed by atoms with Gasteiger partial charge in [-0.1, -0.05) is 6.92 Å². The fourth-order valence-corrected chi connectivity index (χ4v) is 1.85. The van der Waals surface area contributed by atoms with Crippen LogP contribution < -0.4 is 5.73 Å². The summed E-state index contributed by atoms with van der Waals surface area (Å²) >= 11 is 0. The van der Waals surface area contributed by atoms with Crippen molar-refractivity contribution >= 4 is 5.97 Å². The van der Waals surface area contributed by atoms with Gasteiger partial charge in [0.15, 0.2) is 0 Å². The maximum atomic E-state index is 11.8. The molecule has 0 aromatic heterocycles. The summed E-state index contributed by atoms with van der Waals surface area (Å²) in [6, 6.07) is 0. The highest BCUT2D eigenvalue weighted by molar-refractivity contribution is 5.80. The van der Waals surface area contributed by atoms with Crippen molar-refractivity contribution in [1.29, 1.82) is 0 Å². The SMILES string of the molecule is CCC(C)(N)C(=O)OC1CCCC(OC)C1. The van der Waals surface area contributed by atoms with Gasteiger partial charge < -0.3 is 15.2 Å². The summed E-state index contributed by atoms with van der Waals surface area (Å²) in [4.78, 5) is 11.8. The second-order valence-corrected chi connectivity index (χ2v) is 4.82. The molecule has 0 heterocycles. The predicted octanol–water partition coefficient (Wildman–Crippen LogP) is 1.61. The minimum absolute atomic E-state index is 0.0272. The number of esters is 1. The predicted molar refractivity (Wildman–Crippen MR) is 62.0 cm³/mol. The zero-order valence-electron chi connectivity index (χ0n) is 10.5.